The molecule has 1 aromatic heterocycles. The van der Waals surface area contributed by atoms with E-state index in [-0.39, 0.29) is 23.4 Å². The Morgan fingerprint density at radius 2 is 1.83 bits per heavy atom. The van der Waals surface area contributed by atoms with Crippen LogP contribution in [0, 0.1) is 0 Å². The van der Waals surface area contributed by atoms with Crippen molar-refractivity contribution in [1.29, 1.82) is 0 Å². The van der Waals surface area contributed by atoms with Crippen LogP contribution in [0.2, 0.25) is 0 Å². The summed E-state index contributed by atoms with van der Waals surface area (Å²) in [5, 5.41) is 0. The van der Waals surface area contributed by atoms with E-state index < -0.39 is 10.0 Å². The van der Waals surface area contributed by atoms with E-state index in [1.807, 2.05) is 4.90 Å². The number of carbonyl (C=O) groups excluding carboxylic acids is 1. The van der Waals surface area contributed by atoms with Crippen LogP contribution in [0.3, 0.4) is 0 Å². The Kier molecular flexibility index (Phi) is 5.20. The second-order valence-corrected chi connectivity index (χ2v) is 8.82. The smallest absolute Gasteiger partial charge is 0.244 e. The molecule has 1 amide bonds. The summed E-state index contributed by atoms with van der Waals surface area (Å²) in [5.41, 5.74) is 0. The van der Waals surface area contributed by atoms with Crippen LogP contribution in [0.15, 0.2) is 29.4 Å². The molecule has 0 saturated heterocycles. The fourth-order valence-corrected chi connectivity index (χ4v) is 4.54. The van der Waals surface area contributed by atoms with Gasteiger partial charge in [-0.2, -0.15) is 4.31 Å². The predicted molar refractivity (Wildman–Crippen MR) is 90.8 cm³/mol. The van der Waals surface area contributed by atoms with E-state index in [0.717, 1.165) is 42.8 Å². The van der Waals surface area contributed by atoms with Gasteiger partial charge in [0.05, 0.1) is 6.54 Å². The molecular weight excluding hydrogens is 326 g/mol. The van der Waals surface area contributed by atoms with Gasteiger partial charge in [0.1, 0.15) is 4.90 Å². The van der Waals surface area contributed by atoms with Crippen LogP contribution in [0.5, 0.6) is 0 Å². The highest BCUT2D eigenvalue weighted by Crippen LogP contribution is 2.34. The van der Waals surface area contributed by atoms with Crippen LogP contribution in [0.25, 0.3) is 0 Å². The molecule has 24 heavy (non-hydrogen) atoms. The minimum Gasteiger partial charge on any atom is -0.336 e. The fourth-order valence-electron chi connectivity index (χ4n) is 3.45. The summed E-state index contributed by atoms with van der Waals surface area (Å²) in [6.07, 6.45) is 10.6. The third-order valence-electron chi connectivity index (χ3n) is 4.90. The standard InChI is InChI=1S/C17H25N3O3S/c1-19(24(22,23)16-8-5-11-18-12-16)13-17(21)20(15-9-10-15)14-6-3-2-4-7-14/h5,8,11-12,14-15H,2-4,6-7,9-10,13H2,1H3. The first-order valence-electron chi connectivity index (χ1n) is 8.67. The van der Waals surface area contributed by atoms with E-state index in [9.17, 15) is 13.2 Å². The fraction of sp³-hybridized carbons (Fsp3) is 0.647. The molecule has 0 bridgehead atoms. The van der Waals surface area contributed by atoms with E-state index >= 15 is 0 Å². The summed E-state index contributed by atoms with van der Waals surface area (Å²) < 4.78 is 26.3. The SMILES string of the molecule is CN(CC(=O)N(C1CCCCC1)C1CC1)S(=O)(=O)c1cccnc1. The first-order chi connectivity index (χ1) is 11.5. The number of hydrogen-bond acceptors (Lipinski definition) is 4. The van der Waals surface area contributed by atoms with Gasteiger partial charge >= 0.3 is 0 Å². The normalized spacial score (nSPS) is 19.4. The average Bonchev–Trinajstić information content (AvgIpc) is 3.41. The van der Waals surface area contributed by atoms with Crippen LogP contribution < -0.4 is 0 Å². The Bertz CT molecular complexity index is 668. The van der Waals surface area contributed by atoms with E-state index in [1.165, 1.54) is 31.9 Å². The predicted octanol–water partition coefficient (Wildman–Crippen LogP) is 2.03. The average molecular weight is 351 g/mol. The molecule has 6 nitrogen and oxygen atoms in total. The van der Waals surface area contributed by atoms with Gasteiger partial charge in [-0.25, -0.2) is 8.42 Å². The third kappa shape index (κ3) is 3.78. The Hall–Kier alpha value is -1.47. The van der Waals surface area contributed by atoms with E-state index in [4.69, 9.17) is 0 Å². The topological polar surface area (TPSA) is 70.6 Å². The summed E-state index contributed by atoms with van der Waals surface area (Å²) in [7, 11) is -2.22. The van der Waals surface area contributed by atoms with E-state index in [0.29, 0.717) is 6.04 Å². The molecule has 0 aromatic carbocycles. The van der Waals surface area contributed by atoms with Crippen molar-refractivity contribution in [2.24, 2.45) is 0 Å². The molecule has 0 N–H and O–H groups in total. The van der Waals surface area contributed by atoms with Gasteiger partial charge in [-0.05, 0) is 37.8 Å². The number of rotatable bonds is 6. The van der Waals surface area contributed by atoms with Crippen molar-refractivity contribution in [3.63, 3.8) is 0 Å². The first-order valence-corrected chi connectivity index (χ1v) is 10.1. The van der Waals surface area contributed by atoms with Crippen LogP contribution in [0.4, 0.5) is 0 Å². The van der Waals surface area contributed by atoms with E-state index in [1.54, 1.807) is 6.07 Å². The zero-order chi connectivity index (χ0) is 17.2. The van der Waals surface area contributed by atoms with Gasteiger partial charge in [0.25, 0.3) is 0 Å². The highest BCUT2D eigenvalue weighted by atomic mass is 32.2. The molecule has 2 fully saturated rings. The van der Waals surface area contributed by atoms with Crippen molar-refractivity contribution in [2.75, 3.05) is 13.6 Å². The van der Waals surface area contributed by atoms with E-state index in [2.05, 4.69) is 4.98 Å². The molecule has 0 spiro atoms. The summed E-state index contributed by atoms with van der Waals surface area (Å²) in [6.45, 7) is -0.107. The molecule has 7 heteroatoms. The van der Waals surface area contributed by atoms with Crippen LogP contribution >= 0.6 is 0 Å². The minimum atomic E-state index is -3.68. The molecule has 0 atom stereocenters. The Labute approximate surface area is 143 Å². The number of hydrogen-bond donors (Lipinski definition) is 0. The van der Waals surface area contributed by atoms with Gasteiger partial charge in [-0.15, -0.1) is 0 Å². The number of likely N-dealkylation sites (N-methyl/N-ethyl adjacent to an activating group) is 1. The van der Waals surface area contributed by atoms with Gasteiger partial charge in [-0.3, -0.25) is 9.78 Å². The maximum Gasteiger partial charge on any atom is 0.244 e. The largest absolute Gasteiger partial charge is 0.336 e. The lowest BCUT2D eigenvalue weighted by Crippen LogP contribution is -2.47. The molecule has 0 aliphatic heterocycles. The number of sulfonamides is 1. The molecule has 1 heterocycles. The van der Waals surface area contributed by atoms with Crippen LogP contribution in [-0.2, 0) is 14.8 Å². The molecule has 132 valence electrons. The highest BCUT2D eigenvalue weighted by Gasteiger charge is 2.38. The third-order valence-corrected chi connectivity index (χ3v) is 6.68. The Balaban J connectivity index is 1.70. The highest BCUT2D eigenvalue weighted by molar-refractivity contribution is 7.89. The minimum absolute atomic E-state index is 0.0700. The molecule has 1 aromatic rings. The van der Waals surface area contributed by atoms with Crippen molar-refractivity contribution in [1.82, 2.24) is 14.2 Å². The Morgan fingerprint density at radius 1 is 1.17 bits per heavy atom. The number of pyridine rings is 1. The maximum atomic E-state index is 12.8. The molecule has 2 aliphatic carbocycles. The monoisotopic (exact) mass is 351 g/mol. The lowest BCUT2D eigenvalue weighted by Gasteiger charge is -2.35. The van der Waals surface area contributed by atoms with Crippen molar-refractivity contribution >= 4 is 15.9 Å². The van der Waals surface area contributed by atoms with Crippen LogP contribution in [0.1, 0.15) is 44.9 Å². The molecule has 2 saturated carbocycles. The molecule has 2 aliphatic rings. The summed E-state index contributed by atoms with van der Waals surface area (Å²) in [4.78, 5) is 18.8. The van der Waals surface area contributed by atoms with Crippen molar-refractivity contribution in [2.45, 2.75) is 61.9 Å². The van der Waals surface area contributed by atoms with Gasteiger partial charge in [0.2, 0.25) is 15.9 Å². The molecule has 3 rings (SSSR count). The zero-order valence-corrected chi connectivity index (χ0v) is 14.9. The first kappa shape index (κ1) is 17.4. The van der Waals surface area contributed by atoms with Gasteiger partial charge in [0, 0.05) is 31.5 Å². The Morgan fingerprint density at radius 3 is 2.42 bits per heavy atom. The van der Waals surface area contributed by atoms with Crippen molar-refractivity contribution < 1.29 is 13.2 Å². The molecular formula is C17H25N3O3S. The second-order valence-electron chi connectivity index (χ2n) is 6.77. The van der Waals surface area contributed by atoms with Gasteiger partial charge in [0.15, 0.2) is 0 Å². The lowest BCUT2D eigenvalue weighted by atomic mass is 9.94. The van der Waals surface area contributed by atoms with Gasteiger partial charge < -0.3 is 4.90 Å². The lowest BCUT2D eigenvalue weighted by molar-refractivity contribution is -0.134. The number of amides is 1. The molecule has 0 unspecified atom stereocenters. The molecule has 0 radical (unpaired) electrons. The van der Waals surface area contributed by atoms with Crippen molar-refractivity contribution in [3.05, 3.63) is 24.5 Å². The number of carbonyl (C=O) groups is 1. The zero-order valence-electron chi connectivity index (χ0n) is 14.1. The van der Waals surface area contributed by atoms with Crippen molar-refractivity contribution in [3.8, 4) is 0 Å². The summed E-state index contributed by atoms with van der Waals surface area (Å²) >= 11 is 0. The second kappa shape index (κ2) is 7.19. The summed E-state index contributed by atoms with van der Waals surface area (Å²) in [5.74, 6) is -0.0700. The number of nitrogens with zero attached hydrogens (tertiary/aromatic N) is 3. The summed E-state index contributed by atoms with van der Waals surface area (Å²) in [6, 6.07) is 3.69. The van der Waals surface area contributed by atoms with Crippen LogP contribution in [-0.4, -0.2) is 54.2 Å². The quantitative estimate of drug-likeness (QED) is 0.786. The maximum absolute atomic E-state index is 12.8. The van der Waals surface area contributed by atoms with Gasteiger partial charge in [-0.1, -0.05) is 19.3 Å². The number of aromatic nitrogens is 1.